The molecule has 0 amide bonds. The molecule has 0 atom stereocenters. The molecule has 0 radical (unpaired) electrons. The summed E-state index contributed by atoms with van der Waals surface area (Å²) in [5.41, 5.74) is 12.5. The van der Waals surface area contributed by atoms with E-state index in [1.807, 2.05) is 60.7 Å². The highest BCUT2D eigenvalue weighted by molar-refractivity contribution is 6.05. The van der Waals surface area contributed by atoms with Gasteiger partial charge in [0.2, 0.25) is 0 Å². The lowest BCUT2D eigenvalue weighted by molar-refractivity contribution is 1.18. The van der Waals surface area contributed by atoms with Crippen LogP contribution in [0.25, 0.3) is 66.9 Å². The lowest BCUT2D eigenvalue weighted by atomic mass is 9.90. The summed E-state index contributed by atoms with van der Waals surface area (Å²) >= 11 is 0. The smallest absolute Gasteiger partial charge is 0.160 e. The molecule has 0 saturated carbocycles. The van der Waals surface area contributed by atoms with Gasteiger partial charge in [0.25, 0.3) is 0 Å². The van der Waals surface area contributed by atoms with Crippen LogP contribution in [-0.4, -0.2) is 9.97 Å². The summed E-state index contributed by atoms with van der Waals surface area (Å²) < 4.78 is 0. The number of hydrogen-bond donors (Lipinski definition) is 0. The van der Waals surface area contributed by atoms with Crippen LogP contribution < -0.4 is 0 Å². The predicted molar refractivity (Wildman–Crippen MR) is 174 cm³/mol. The van der Waals surface area contributed by atoms with Crippen LogP contribution in [0.1, 0.15) is 16.7 Å². The SMILES string of the molecule is N#Cc1cccc2c1-c1cc(-c3cccc(-c4cc(-c5ccccc5)nc(-c5ccccc5)n4)c3)c3ccccc3c1C2. The van der Waals surface area contributed by atoms with Crippen LogP contribution in [0.15, 0.2) is 140 Å². The summed E-state index contributed by atoms with van der Waals surface area (Å²) in [5.74, 6) is 0.700. The molecule has 7 aromatic rings. The molecule has 1 heterocycles. The van der Waals surface area contributed by atoms with E-state index < -0.39 is 0 Å². The Balaban J connectivity index is 1.32. The van der Waals surface area contributed by atoms with Gasteiger partial charge in [-0.2, -0.15) is 5.26 Å². The molecule has 0 aliphatic heterocycles. The van der Waals surface area contributed by atoms with Crippen LogP contribution in [0, 0.1) is 11.3 Å². The molecule has 8 rings (SSSR count). The van der Waals surface area contributed by atoms with Crippen LogP contribution in [0.2, 0.25) is 0 Å². The molecule has 0 spiro atoms. The Morgan fingerprint density at radius 1 is 0.512 bits per heavy atom. The summed E-state index contributed by atoms with van der Waals surface area (Å²) in [7, 11) is 0. The quantitative estimate of drug-likeness (QED) is 0.220. The zero-order valence-corrected chi connectivity index (χ0v) is 23.3. The highest BCUT2D eigenvalue weighted by Crippen LogP contribution is 2.46. The van der Waals surface area contributed by atoms with Gasteiger partial charge in [0, 0.05) is 22.3 Å². The summed E-state index contributed by atoms with van der Waals surface area (Å²) in [5, 5.41) is 12.4. The van der Waals surface area contributed by atoms with Crippen molar-refractivity contribution in [1.29, 1.82) is 5.26 Å². The average Bonchev–Trinajstić information content (AvgIpc) is 3.48. The number of nitriles is 1. The third kappa shape index (κ3) is 4.29. The number of hydrogen-bond acceptors (Lipinski definition) is 3. The monoisotopic (exact) mass is 547 g/mol. The molecule has 0 N–H and O–H groups in total. The summed E-state index contributed by atoms with van der Waals surface area (Å²) in [4.78, 5) is 10.0. The maximum absolute atomic E-state index is 9.94. The lowest BCUT2D eigenvalue weighted by Gasteiger charge is -2.14. The third-order valence-corrected chi connectivity index (χ3v) is 8.36. The number of nitrogens with zero attached hydrogens (tertiary/aromatic N) is 3. The van der Waals surface area contributed by atoms with Gasteiger partial charge in [-0.25, -0.2) is 9.97 Å². The number of aromatic nitrogens is 2. The molecule has 0 unspecified atom stereocenters. The first kappa shape index (κ1) is 24.9. The summed E-state index contributed by atoms with van der Waals surface area (Å²) in [6, 6.07) is 50.5. The van der Waals surface area contributed by atoms with Crippen molar-refractivity contribution < 1.29 is 0 Å². The molecule has 0 fully saturated rings. The first-order valence-electron chi connectivity index (χ1n) is 14.4. The van der Waals surface area contributed by atoms with Crippen molar-refractivity contribution in [2.24, 2.45) is 0 Å². The molecule has 6 aromatic carbocycles. The molecule has 0 bridgehead atoms. The predicted octanol–water partition coefficient (Wildman–Crippen LogP) is 9.74. The van der Waals surface area contributed by atoms with E-state index in [1.54, 1.807) is 0 Å². The maximum atomic E-state index is 9.94. The van der Waals surface area contributed by atoms with E-state index in [0.717, 1.165) is 62.3 Å². The highest BCUT2D eigenvalue weighted by atomic mass is 14.9. The fourth-order valence-corrected chi connectivity index (χ4v) is 6.35. The second-order valence-corrected chi connectivity index (χ2v) is 10.9. The van der Waals surface area contributed by atoms with Gasteiger partial charge in [0.15, 0.2) is 5.82 Å². The standard InChI is InChI=1S/C40H25N3/c41-25-31-18-10-17-30-22-35-33-20-8-7-19-32(33)34(23-36(35)39(30)31)28-15-9-16-29(21-28)38-24-37(26-11-3-1-4-12-26)42-40(43-38)27-13-5-2-6-14-27/h1-21,23-24H,22H2. The van der Waals surface area contributed by atoms with Crippen molar-refractivity contribution in [3.8, 4) is 62.2 Å². The van der Waals surface area contributed by atoms with Gasteiger partial charge in [-0.05, 0) is 69.3 Å². The first-order chi connectivity index (χ1) is 21.3. The van der Waals surface area contributed by atoms with E-state index in [1.165, 1.54) is 21.9 Å². The van der Waals surface area contributed by atoms with Gasteiger partial charge in [-0.1, -0.05) is 115 Å². The topological polar surface area (TPSA) is 49.6 Å². The minimum Gasteiger partial charge on any atom is -0.228 e. The zero-order valence-electron chi connectivity index (χ0n) is 23.3. The lowest BCUT2D eigenvalue weighted by Crippen LogP contribution is -1.96. The molecule has 1 aromatic heterocycles. The van der Waals surface area contributed by atoms with Gasteiger partial charge < -0.3 is 0 Å². The van der Waals surface area contributed by atoms with Crippen LogP contribution in [0.4, 0.5) is 0 Å². The van der Waals surface area contributed by atoms with Gasteiger partial charge >= 0.3 is 0 Å². The molecular formula is C40H25N3. The van der Waals surface area contributed by atoms with Crippen molar-refractivity contribution in [1.82, 2.24) is 9.97 Å². The minimum atomic E-state index is 0.700. The second-order valence-electron chi connectivity index (χ2n) is 10.9. The van der Waals surface area contributed by atoms with Crippen molar-refractivity contribution >= 4 is 10.8 Å². The Bertz CT molecular complexity index is 2150. The Morgan fingerprint density at radius 3 is 1.91 bits per heavy atom. The van der Waals surface area contributed by atoms with Crippen LogP contribution in [0.5, 0.6) is 0 Å². The van der Waals surface area contributed by atoms with E-state index in [2.05, 4.69) is 84.9 Å². The third-order valence-electron chi connectivity index (χ3n) is 8.36. The largest absolute Gasteiger partial charge is 0.228 e. The number of fused-ring (bicyclic) bond motifs is 5. The van der Waals surface area contributed by atoms with Crippen LogP contribution in [-0.2, 0) is 6.42 Å². The Labute approximate surface area is 250 Å². The van der Waals surface area contributed by atoms with E-state index in [0.29, 0.717) is 5.82 Å². The Hall–Kier alpha value is -5.85. The Morgan fingerprint density at radius 2 is 1.14 bits per heavy atom. The van der Waals surface area contributed by atoms with Crippen molar-refractivity contribution in [3.63, 3.8) is 0 Å². The zero-order chi connectivity index (χ0) is 28.8. The van der Waals surface area contributed by atoms with Crippen LogP contribution >= 0.6 is 0 Å². The van der Waals surface area contributed by atoms with Gasteiger partial charge in [0.1, 0.15) is 0 Å². The first-order valence-corrected chi connectivity index (χ1v) is 14.4. The van der Waals surface area contributed by atoms with E-state index in [4.69, 9.17) is 9.97 Å². The van der Waals surface area contributed by atoms with E-state index >= 15 is 0 Å². The van der Waals surface area contributed by atoms with Gasteiger partial charge in [-0.3, -0.25) is 0 Å². The van der Waals surface area contributed by atoms with Crippen molar-refractivity contribution in [2.45, 2.75) is 6.42 Å². The normalized spacial score (nSPS) is 11.6. The molecule has 43 heavy (non-hydrogen) atoms. The number of rotatable bonds is 4. The highest BCUT2D eigenvalue weighted by Gasteiger charge is 2.25. The molecule has 1 aliphatic rings. The molecule has 1 aliphatic carbocycles. The van der Waals surface area contributed by atoms with Crippen molar-refractivity contribution in [3.05, 3.63) is 156 Å². The molecule has 3 nitrogen and oxygen atoms in total. The second kappa shape index (κ2) is 10.2. The molecule has 0 saturated heterocycles. The van der Waals surface area contributed by atoms with E-state index in [9.17, 15) is 5.26 Å². The van der Waals surface area contributed by atoms with E-state index in [-0.39, 0.29) is 0 Å². The fourth-order valence-electron chi connectivity index (χ4n) is 6.35. The average molecular weight is 548 g/mol. The van der Waals surface area contributed by atoms with Crippen LogP contribution in [0.3, 0.4) is 0 Å². The summed E-state index contributed by atoms with van der Waals surface area (Å²) in [6.45, 7) is 0. The number of benzene rings is 6. The maximum Gasteiger partial charge on any atom is 0.160 e. The molecule has 3 heteroatoms. The molecule has 200 valence electrons. The van der Waals surface area contributed by atoms with Gasteiger partial charge in [0.05, 0.1) is 23.0 Å². The van der Waals surface area contributed by atoms with Gasteiger partial charge in [-0.15, -0.1) is 0 Å². The molecular weight excluding hydrogens is 522 g/mol. The minimum absolute atomic E-state index is 0.700. The Kier molecular flexibility index (Phi) is 5.91. The van der Waals surface area contributed by atoms with Crippen molar-refractivity contribution in [2.75, 3.05) is 0 Å². The summed E-state index contributed by atoms with van der Waals surface area (Å²) in [6.07, 6.45) is 0.840. The fraction of sp³-hybridized carbons (Fsp3) is 0.0250.